The number of hydrogen-bond acceptors (Lipinski definition) is 2. The number of rotatable bonds is 4. The van der Waals surface area contributed by atoms with E-state index >= 15 is 0 Å². The van der Waals surface area contributed by atoms with E-state index in [1.165, 1.54) is 0 Å². The second-order valence-electron chi connectivity index (χ2n) is 6.21. The average Bonchev–Trinajstić information content (AvgIpc) is 2.21. The second-order valence-corrected chi connectivity index (χ2v) is 6.21. The molecule has 0 aromatic heterocycles. The largest absolute Gasteiger partial charge is 0.392 e. The van der Waals surface area contributed by atoms with Gasteiger partial charge >= 0.3 is 6.18 Å². The second kappa shape index (κ2) is 5.78. The number of hydrogen-bond donors (Lipinski definition) is 1. The zero-order chi connectivity index (χ0) is 14.0. The van der Waals surface area contributed by atoms with Crippen LogP contribution in [0.4, 0.5) is 13.2 Å². The maximum absolute atomic E-state index is 12.1. The highest BCUT2D eigenvalue weighted by Gasteiger charge is 2.38. The lowest BCUT2D eigenvalue weighted by atomic mass is 9.69. The Morgan fingerprint density at radius 3 is 2.50 bits per heavy atom. The molecule has 0 bridgehead atoms. The minimum Gasteiger partial charge on any atom is -0.392 e. The van der Waals surface area contributed by atoms with E-state index < -0.39 is 18.7 Å². The molecule has 0 amide bonds. The number of aliphatic hydroxyl groups excluding tert-OH is 1. The Morgan fingerprint density at radius 2 is 1.94 bits per heavy atom. The Hall–Kier alpha value is -0.290. The fourth-order valence-electron chi connectivity index (χ4n) is 2.76. The number of alkyl halides is 3. The van der Waals surface area contributed by atoms with Gasteiger partial charge in [0.1, 0.15) is 0 Å². The maximum Gasteiger partial charge on any atom is 0.390 e. The Bertz CT molecular complexity index is 265. The maximum atomic E-state index is 12.1. The number of aliphatic hydroxyl groups is 1. The summed E-state index contributed by atoms with van der Waals surface area (Å²) >= 11 is 0. The third-order valence-corrected chi connectivity index (χ3v) is 3.97. The first-order valence-electron chi connectivity index (χ1n) is 6.55. The van der Waals surface area contributed by atoms with Gasteiger partial charge in [0.25, 0.3) is 0 Å². The molecular formula is C13H24F3NO. The van der Waals surface area contributed by atoms with Gasteiger partial charge in [0, 0.05) is 13.1 Å². The van der Waals surface area contributed by atoms with Crippen molar-refractivity contribution in [3.8, 4) is 0 Å². The third kappa shape index (κ3) is 4.76. The fraction of sp³-hybridized carbons (Fsp3) is 1.00. The van der Waals surface area contributed by atoms with Crippen molar-refractivity contribution in [1.82, 2.24) is 4.90 Å². The van der Waals surface area contributed by atoms with Crippen LogP contribution in [0.25, 0.3) is 0 Å². The van der Waals surface area contributed by atoms with Crippen LogP contribution in [0.5, 0.6) is 0 Å². The predicted molar refractivity (Wildman–Crippen MR) is 65.3 cm³/mol. The molecule has 2 atom stereocenters. The summed E-state index contributed by atoms with van der Waals surface area (Å²) in [4.78, 5) is 1.68. The van der Waals surface area contributed by atoms with Crippen LogP contribution in [0.3, 0.4) is 0 Å². The van der Waals surface area contributed by atoms with Crippen molar-refractivity contribution in [3.63, 3.8) is 0 Å². The molecule has 0 aliphatic heterocycles. The van der Waals surface area contributed by atoms with Crippen molar-refractivity contribution >= 4 is 0 Å². The summed E-state index contributed by atoms with van der Waals surface area (Å²) in [5.74, 6) is 0.0898. The molecule has 2 unspecified atom stereocenters. The first-order valence-corrected chi connectivity index (χ1v) is 6.55. The van der Waals surface area contributed by atoms with E-state index in [1.807, 2.05) is 13.8 Å². The van der Waals surface area contributed by atoms with Crippen molar-refractivity contribution < 1.29 is 18.3 Å². The van der Waals surface area contributed by atoms with Gasteiger partial charge in [-0.2, -0.15) is 13.2 Å². The van der Waals surface area contributed by atoms with E-state index in [0.29, 0.717) is 6.54 Å². The lowest BCUT2D eigenvalue weighted by Crippen LogP contribution is -2.44. The quantitative estimate of drug-likeness (QED) is 0.846. The summed E-state index contributed by atoms with van der Waals surface area (Å²) in [6.07, 6.45) is -2.37. The summed E-state index contributed by atoms with van der Waals surface area (Å²) in [5, 5.41) is 10.2. The molecule has 1 fully saturated rings. The summed E-state index contributed by atoms with van der Waals surface area (Å²) in [5.41, 5.74) is -0.117. The molecule has 108 valence electrons. The van der Waals surface area contributed by atoms with Crippen molar-refractivity contribution in [1.29, 1.82) is 0 Å². The molecule has 0 spiro atoms. The molecule has 0 aromatic rings. The first-order chi connectivity index (χ1) is 8.12. The van der Waals surface area contributed by atoms with E-state index in [0.717, 1.165) is 19.3 Å². The molecule has 0 radical (unpaired) electrons. The Kier molecular flexibility index (Phi) is 5.06. The molecule has 5 heteroatoms. The van der Waals surface area contributed by atoms with Gasteiger partial charge in [-0.25, -0.2) is 0 Å². The van der Waals surface area contributed by atoms with Gasteiger partial charge in [0.05, 0.1) is 12.5 Å². The molecule has 2 nitrogen and oxygen atoms in total. The number of halogens is 3. The van der Waals surface area contributed by atoms with Crippen molar-refractivity contribution in [2.45, 2.75) is 51.8 Å². The first kappa shape index (κ1) is 15.8. The fourth-order valence-corrected chi connectivity index (χ4v) is 2.76. The van der Waals surface area contributed by atoms with Gasteiger partial charge in [-0.05, 0) is 31.2 Å². The van der Waals surface area contributed by atoms with Crippen LogP contribution in [0.2, 0.25) is 0 Å². The normalized spacial score (nSPS) is 28.7. The lowest BCUT2D eigenvalue weighted by Gasteiger charge is -2.42. The SMILES string of the molecule is CN(CCC(F)(F)F)CC1CCCC(C)(C)C1O. The molecule has 18 heavy (non-hydrogen) atoms. The average molecular weight is 267 g/mol. The van der Waals surface area contributed by atoms with Crippen LogP contribution in [0, 0.1) is 11.3 Å². The highest BCUT2D eigenvalue weighted by atomic mass is 19.4. The van der Waals surface area contributed by atoms with Crippen LogP contribution in [-0.2, 0) is 0 Å². The zero-order valence-corrected chi connectivity index (χ0v) is 11.4. The zero-order valence-electron chi connectivity index (χ0n) is 11.4. The number of nitrogens with zero attached hydrogens (tertiary/aromatic N) is 1. The Morgan fingerprint density at radius 1 is 1.33 bits per heavy atom. The molecule has 1 N–H and O–H groups in total. The van der Waals surface area contributed by atoms with Crippen molar-refractivity contribution in [2.24, 2.45) is 11.3 Å². The van der Waals surface area contributed by atoms with E-state index in [9.17, 15) is 18.3 Å². The molecule has 1 aliphatic carbocycles. The molecular weight excluding hydrogens is 243 g/mol. The van der Waals surface area contributed by atoms with Crippen LogP contribution in [0.15, 0.2) is 0 Å². The standard InChI is InChI=1S/C13H24F3NO/c1-12(2)6-4-5-10(11(12)18)9-17(3)8-7-13(14,15)16/h10-11,18H,4-9H2,1-3H3. The monoisotopic (exact) mass is 267 g/mol. The lowest BCUT2D eigenvalue weighted by molar-refractivity contribution is -0.138. The van der Waals surface area contributed by atoms with Gasteiger partial charge in [-0.1, -0.05) is 20.3 Å². The van der Waals surface area contributed by atoms with Crippen LogP contribution >= 0.6 is 0 Å². The summed E-state index contributed by atoms with van der Waals surface area (Å²) in [7, 11) is 1.69. The van der Waals surface area contributed by atoms with Gasteiger partial charge in [-0.15, -0.1) is 0 Å². The Labute approximate surface area is 107 Å². The molecule has 1 rings (SSSR count). The predicted octanol–water partition coefficient (Wildman–Crippen LogP) is 3.06. The molecule has 0 saturated heterocycles. The van der Waals surface area contributed by atoms with E-state index in [1.54, 1.807) is 11.9 Å². The topological polar surface area (TPSA) is 23.5 Å². The van der Waals surface area contributed by atoms with Gasteiger partial charge in [0.15, 0.2) is 0 Å². The smallest absolute Gasteiger partial charge is 0.390 e. The van der Waals surface area contributed by atoms with Crippen molar-refractivity contribution in [2.75, 3.05) is 20.1 Å². The van der Waals surface area contributed by atoms with Crippen LogP contribution in [-0.4, -0.2) is 42.4 Å². The van der Waals surface area contributed by atoms with E-state index in [2.05, 4.69) is 0 Å². The summed E-state index contributed by atoms with van der Waals surface area (Å²) < 4.78 is 36.4. The molecule has 0 aromatic carbocycles. The van der Waals surface area contributed by atoms with E-state index in [-0.39, 0.29) is 17.9 Å². The Balaban J connectivity index is 2.42. The molecule has 1 aliphatic rings. The van der Waals surface area contributed by atoms with Crippen LogP contribution < -0.4 is 0 Å². The highest BCUT2D eigenvalue weighted by molar-refractivity contribution is 4.89. The van der Waals surface area contributed by atoms with Gasteiger partial charge in [-0.3, -0.25) is 0 Å². The third-order valence-electron chi connectivity index (χ3n) is 3.97. The minimum atomic E-state index is -4.10. The van der Waals surface area contributed by atoms with Gasteiger partial charge in [0.2, 0.25) is 0 Å². The molecule has 1 saturated carbocycles. The highest BCUT2D eigenvalue weighted by Crippen LogP contribution is 2.39. The van der Waals surface area contributed by atoms with Crippen molar-refractivity contribution in [3.05, 3.63) is 0 Å². The van der Waals surface area contributed by atoms with Crippen LogP contribution in [0.1, 0.15) is 39.5 Å². The summed E-state index contributed by atoms with van der Waals surface area (Å²) in [6.45, 7) is 4.60. The molecule has 0 heterocycles. The minimum absolute atomic E-state index is 0.00709. The summed E-state index contributed by atoms with van der Waals surface area (Å²) in [6, 6.07) is 0. The van der Waals surface area contributed by atoms with Gasteiger partial charge < -0.3 is 10.0 Å². The van der Waals surface area contributed by atoms with E-state index in [4.69, 9.17) is 0 Å².